The molecule has 2 unspecified atom stereocenters. The zero-order valence-electron chi connectivity index (χ0n) is 19.9. The van der Waals surface area contributed by atoms with Crippen molar-refractivity contribution in [3.05, 3.63) is 29.8 Å². The number of benzene rings is 1. The summed E-state index contributed by atoms with van der Waals surface area (Å²) in [6.07, 6.45) is 5.22. The fourth-order valence-corrected chi connectivity index (χ4v) is 6.94. The number of para-hydroxylation sites is 1. The summed E-state index contributed by atoms with van der Waals surface area (Å²) in [5.41, 5.74) is 0.137. The van der Waals surface area contributed by atoms with Crippen LogP contribution in [0.3, 0.4) is 0 Å². The van der Waals surface area contributed by atoms with E-state index < -0.39 is 28.2 Å². The summed E-state index contributed by atoms with van der Waals surface area (Å²) >= 11 is 1.41. The van der Waals surface area contributed by atoms with Gasteiger partial charge in [-0.2, -0.15) is 0 Å². The zero-order chi connectivity index (χ0) is 23.1. The molecule has 1 saturated carbocycles. The number of carboxylic acid groups (broad SMARTS) is 1. The number of aliphatic carboxylic acids is 1. The van der Waals surface area contributed by atoms with Crippen molar-refractivity contribution in [1.82, 2.24) is 10.2 Å². The van der Waals surface area contributed by atoms with Crippen LogP contribution in [0.4, 0.5) is 0 Å². The molecule has 3 aliphatic rings. The number of thioether (sulfide) groups is 1. The van der Waals surface area contributed by atoms with Gasteiger partial charge in [-0.1, -0.05) is 44.4 Å². The smallest absolute Gasteiger partial charge is 0.548 e. The summed E-state index contributed by atoms with van der Waals surface area (Å²) < 4.78 is 5.36. The van der Waals surface area contributed by atoms with Crippen LogP contribution < -0.4 is 44.7 Å². The summed E-state index contributed by atoms with van der Waals surface area (Å²) in [6.45, 7) is 6.29. The topological polar surface area (TPSA) is 98.8 Å². The van der Waals surface area contributed by atoms with Crippen LogP contribution in [0.1, 0.15) is 64.9 Å². The third-order valence-electron chi connectivity index (χ3n) is 7.00. The first-order chi connectivity index (χ1) is 15.2. The van der Waals surface area contributed by atoms with E-state index in [0.717, 1.165) is 37.0 Å². The van der Waals surface area contributed by atoms with Gasteiger partial charge < -0.3 is 24.9 Å². The van der Waals surface area contributed by atoms with Crippen molar-refractivity contribution in [2.45, 2.75) is 86.9 Å². The predicted molar refractivity (Wildman–Crippen MR) is 120 cm³/mol. The van der Waals surface area contributed by atoms with E-state index in [9.17, 15) is 19.5 Å². The fraction of sp³-hybridized carbons (Fsp3) is 0.625. The number of nitrogens with one attached hydrogen (secondary N) is 1. The first kappa shape index (κ1) is 26.4. The van der Waals surface area contributed by atoms with Crippen LogP contribution in [0, 0.1) is 0 Å². The molecule has 174 valence electrons. The third kappa shape index (κ3) is 4.56. The minimum atomic E-state index is -1.26. The number of rotatable bonds is 8. The molecule has 7 nitrogen and oxygen atoms in total. The maximum Gasteiger partial charge on any atom is 1.00 e. The second-order valence-electron chi connectivity index (χ2n) is 9.52. The van der Waals surface area contributed by atoms with Crippen LogP contribution >= 0.6 is 11.8 Å². The van der Waals surface area contributed by atoms with E-state index in [2.05, 4.69) is 12.2 Å². The minimum Gasteiger partial charge on any atom is -0.548 e. The molecule has 1 aliphatic carbocycles. The summed E-state index contributed by atoms with van der Waals surface area (Å²) in [7, 11) is 0. The molecule has 0 bridgehead atoms. The molecule has 0 spiro atoms. The van der Waals surface area contributed by atoms with E-state index in [1.807, 2.05) is 24.3 Å². The molecule has 0 radical (unpaired) electrons. The van der Waals surface area contributed by atoms with Crippen LogP contribution in [0.2, 0.25) is 0 Å². The van der Waals surface area contributed by atoms with Gasteiger partial charge in [-0.3, -0.25) is 9.59 Å². The standard InChI is InChI=1S/C24H32N2O5S.Na/c1-4-5-14-31-16-11-7-6-10-15(16)24(12-8-9-13-24)22(30)25-17-19(27)26-18(21(28)29)23(2,3)32-20(17)26;/h6-7,10-11,17-18,20H,4-5,8-9,12-14H2,1-3H3,(H,25,30)(H,28,29);/q;+1/p-1/t17?,18-,20?;/m0./s1. The average molecular weight is 483 g/mol. The number of fused-ring (bicyclic) bond motifs is 1. The summed E-state index contributed by atoms with van der Waals surface area (Å²) in [5, 5.41) is 14.3. The number of nitrogens with zero attached hydrogens (tertiary/aromatic N) is 1. The van der Waals surface area contributed by atoms with E-state index in [1.165, 1.54) is 16.7 Å². The monoisotopic (exact) mass is 482 g/mol. The van der Waals surface area contributed by atoms with Gasteiger partial charge in [-0.15, -0.1) is 11.8 Å². The van der Waals surface area contributed by atoms with Gasteiger partial charge in [0, 0.05) is 10.3 Å². The van der Waals surface area contributed by atoms with Gasteiger partial charge in [-0.25, -0.2) is 0 Å². The molecule has 3 atom stereocenters. The number of carbonyl (C=O) groups excluding carboxylic acids is 3. The molecular formula is C24H31N2NaO5S. The van der Waals surface area contributed by atoms with Gasteiger partial charge in [0.1, 0.15) is 17.2 Å². The molecule has 1 aromatic carbocycles. The Kier molecular flexibility index (Phi) is 8.14. The van der Waals surface area contributed by atoms with E-state index >= 15 is 0 Å². The van der Waals surface area contributed by atoms with Gasteiger partial charge in [0.15, 0.2) is 0 Å². The van der Waals surface area contributed by atoms with E-state index in [0.29, 0.717) is 19.4 Å². The second kappa shape index (κ2) is 10.2. The van der Waals surface area contributed by atoms with Gasteiger partial charge in [0.2, 0.25) is 11.8 Å². The van der Waals surface area contributed by atoms with Gasteiger partial charge in [-0.05, 0) is 39.2 Å². The van der Waals surface area contributed by atoms with Crippen molar-refractivity contribution < 1.29 is 53.8 Å². The molecule has 2 saturated heterocycles. The maximum atomic E-state index is 13.7. The summed E-state index contributed by atoms with van der Waals surface area (Å²) in [5.74, 6) is -1.05. The third-order valence-corrected chi connectivity index (χ3v) is 8.57. The van der Waals surface area contributed by atoms with Crippen LogP contribution in [0.5, 0.6) is 5.75 Å². The number of amides is 2. The molecule has 2 heterocycles. The van der Waals surface area contributed by atoms with E-state index in [1.54, 1.807) is 13.8 Å². The molecule has 9 heteroatoms. The Balaban J connectivity index is 0.00000306. The number of carboxylic acids is 1. The van der Waals surface area contributed by atoms with Crippen LogP contribution in [0.15, 0.2) is 24.3 Å². The van der Waals surface area contributed by atoms with Crippen molar-refractivity contribution in [1.29, 1.82) is 0 Å². The van der Waals surface area contributed by atoms with Crippen LogP contribution in [0.25, 0.3) is 0 Å². The normalized spacial score (nSPS) is 26.7. The second-order valence-corrected chi connectivity index (χ2v) is 11.3. The van der Waals surface area contributed by atoms with Crippen molar-refractivity contribution in [2.24, 2.45) is 0 Å². The Bertz CT molecular complexity index is 918. The molecule has 2 aliphatic heterocycles. The molecule has 3 fully saturated rings. The molecular weight excluding hydrogens is 451 g/mol. The van der Waals surface area contributed by atoms with Crippen molar-refractivity contribution in [2.75, 3.05) is 6.61 Å². The SMILES string of the molecule is CCCCOc1ccccc1C1(C(=O)NC2C(=O)N3C2SC(C)(C)[C@@H]3C(=O)[O-])CCCC1.[Na+]. The molecule has 2 amide bonds. The van der Waals surface area contributed by atoms with Gasteiger partial charge in [0.05, 0.1) is 24.0 Å². The zero-order valence-corrected chi connectivity index (χ0v) is 22.7. The largest absolute Gasteiger partial charge is 1.00 e. The van der Waals surface area contributed by atoms with Crippen molar-refractivity contribution in [3.8, 4) is 5.75 Å². The molecule has 0 aromatic heterocycles. The number of hydrogen-bond donors (Lipinski definition) is 1. The quantitative estimate of drug-likeness (QED) is 0.289. The van der Waals surface area contributed by atoms with Crippen LogP contribution in [-0.4, -0.2) is 51.5 Å². The van der Waals surface area contributed by atoms with Gasteiger partial charge >= 0.3 is 29.6 Å². The van der Waals surface area contributed by atoms with E-state index in [-0.39, 0.29) is 46.7 Å². The Labute approximate surface area is 221 Å². The summed E-state index contributed by atoms with van der Waals surface area (Å²) in [6, 6.07) is 5.99. The van der Waals surface area contributed by atoms with Gasteiger partial charge in [0.25, 0.3) is 0 Å². The Morgan fingerprint density at radius 3 is 2.55 bits per heavy atom. The summed E-state index contributed by atoms with van der Waals surface area (Å²) in [4.78, 5) is 39.6. The number of hydrogen-bond acceptors (Lipinski definition) is 6. The fourth-order valence-electron chi connectivity index (χ4n) is 5.32. The van der Waals surface area contributed by atoms with Crippen molar-refractivity contribution >= 4 is 29.5 Å². The Morgan fingerprint density at radius 1 is 1.24 bits per heavy atom. The Hall–Kier alpha value is -1.22. The average Bonchev–Trinajstić information content (AvgIpc) is 3.34. The first-order valence-electron chi connectivity index (χ1n) is 11.5. The number of ether oxygens (including phenoxy) is 1. The molecule has 1 aromatic rings. The van der Waals surface area contributed by atoms with E-state index in [4.69, 9.17) is 4.74 Å². The Morgan fingerprint density at radius 2 is 1.91 bits per heavy atom. The maximum absolute atomic E-state index is 13.7. The predicted octanol–water partition coefficient (Wildman–Crippen LogP) is -1.02. The number of unbranched alkanes of at least 4 members (excludes halogenated alkanes) is 1. The first-order valence-corrected chi connectivity index (χ1v) is 12.3. The van der Waals surface area contributed by atoms with Crippen molar-refractivity contribution in [3.63, 3.8) is 0 Å². The number of carbonyl (C=O) groups is 3. The minimum absolute atomic E-state index is 0. The molecule has 33 heavy (non-hydrogen) atoms. The molecule has 1 N–H and O–H groups in total. The van der Waals surface area contributed by atoms with Crippen LogP contribution in [-0.2, 0) is 19.8 Å². The number of β-lactam (4-membered cyclic amide) rings is 1. The molecule has 4 rings (SSSR count).